The van der Waals surface area contributed by atoms with Crippen molar-refractivity contribution < 1.29 is 5.11 Å². The summed E-state index contributed by atoms with van der Waals surface area (Å²) in [7, 11) is 0. The lowest BCUT2D eigenvalue weighted by atomic mass is 9.72. The molecule has 0 aromatic heterocycles. The zero-order valence-electron chi connectivity index (χ0n) is 11.8. The maximum atomic E-state index is 10.6. The monoisotopic (exact) mass is 239 g/mol. The van der Waals surface area contributed by atoms with Crippen LogP contribution in [0.1, 0.15) is 65.7 Å². The highest BCUT2D eigenvalue weighted by Crippen LogP contribution is 2.41. The first-order valence-corrected chi connectivity index (χ1v) is 7.50. The van der Waals surface area contributed by atoms with Crippen LogP contribution in [0.2, 0.25) is 0 Å². The zero-order valence-corrected chi connectivity index (χ0v) is 11.8. The molecule has 2 rings (SSSR count). The Kier molecular flexibility index (Phi) is 4.14. The van der Waals surface area contributed by atoms with Crippen LogP contribution in [0.15, 0.2) is 0 Å². The maximum absolute atomic E-state index is 10.6. The minimum Gasteiger partial charge on any atom is -0.391 e. The molecule has 0 radical (unpaired) electrons. The average Bonchev–Trinajstić information content (AvgIpc) is 3.08. The molecule has 0 aromatic carbocycles. The third-order valence-electron chi connectivity index (χ3n) is 4.70. The van der Waals surface area contributed by atoms with Crippen LogP contribution in [0.25, 0.3) is 0 Å². The molecule has 2 nitrogen and oxygen atoms in total. The van der Waals surface area contributed by atoms with Crippen molar-refractivity contribution in [3.8, 4) is 0 Å². The molecule has 2 fully saturated rings. The van der Waals surface area contributed by atoms with Gasteiger partial charge in [0.2, 0.25) is 0 Å². The van der Waals surface area contributed by atoms with Gasteiger partial charge in [0.15, 0.2) is 0 Å². The quantitative estimate of drug-likeness (QED) is 0.796. The van der Waals surface area contributed by atoms with E-state index < -0.39 is 0 Å². The summed E-state index contributed by atoms with van der Waals surface area (Å²) in [5, 5.41) is 10.6. The first-order chi connectivity index (χ1) is 8.06. The predicted octanol–water partition coefficient (Wildman–Crippen LogP) is 3.19. The van der Waals surface area contributed by atoms with E-state index in [1.54, 1.807) is 0 Å². The summed E-state index contributed by atoms with van der Waals surface area (Å²) in [6.45, 7) is 7.91. The Balaban J connectivity index is 2.01. The fraction of sp³-hybridized carbons (Fsp3) is 1.00. The highest BCUT2D eigenvalue weighted by molar-refractivity contribution is 4.98. The second-order valence-electron chi connectivity index (χ2n) is 6.72. The van der Waals surface area contributed by atoms with Crippen LogP contribution in [0.5, 0.6) is 0 Å². The fourth-order valence-corrected chi connectivity index (χ4v) is 3.31. The predicted molar refractivity (Wildman–Crippen MR) is 72.1 cm³/mol. The summed E-state index contributed by atoms with van der Waals surface area (Å²) >= 11 is 0. The molecular formula is C15H29NO. The van der Waals surface area contributed by atoms with Crippen LogP contribution in [0.4, 0.5) is 0 Å². The van der Waals surface area contributed by atoms with E-state index in [1.807, 2.05) is 0 Å². The van der Waals surface area contributed by atoms with Crippen LogP contribution in [0.3, 0.4) is 0 Å². The first kappa shape index (κ1) is 13.4. The lowest BCUT2D eigenvalue weighted by Crippen LogP contribution is -2.53. The highest BCUT2D eigenvalue weighted by atomic mass is 16.3. The molecule has 1 N–H and O–H groups in total. The summed E-state index contributed by atoms with van der Waals surface area (Å²) in [6.07, 6.45) is 8.77. The van der Waals surface area contributed by atoms with Crippen molar-refractivity contribution in [2.24, 2.45) is 5.41 Å². The van der Waals surface area contributed by atoms with E-state index in [0.717, 1.165) is 6.04 Å². The van der Waals surface area contributed by atoms with Gasteiger partial charge in [-0.1, -0.05) is 33.6 Å². The molecule has 100 valence electrons. The van der Waals surface area contributed by atoms with E-state index >= 15 is 0 Å². The molecule has 0 aliphatic heterocycles. The van der Waals surface area contributed by atoms with E-state index in [2.05, 4.69) is 25.7 Å². The number of aliphatic hydroxyl groups is 1. The van der Waals surface area contributed by atoms with Crippen molar-refractivity contribution in [3.05, 3.63) is 0 Å². The van der Waals surface area contributed by atoms with Gasteiger partial charge in [-0.3, -0.25) is 4.90 Å². The number of rotatable bonds is 5. The average molecular weight is 239 g/mol. The summed E-state index contributed by atoms with van der Waals surface area (Å²) < 4.78 is 0. The van der Waals surface area contributed by atoms with Gasteiger partial charge in [-0.15, -0.1) is 0 Å². The van der Waals surface area contributed by atoms with Gasteiger partial charge in [0, 0.05) is 12.1 Å². The Morgan fingerprint density at radius 3 is 2.53 bits per heavy atom. The lowest BCUT2D eigenvalue weighted by molar-refractivity contribution is -0.0601. The van der Waals surface area contributed by atoms with Crippen molar-refractivity contribution in [2.45, 2.75) is 83.9 Å². The van der Waals surface area contributed by atoms with Gasteiger partial charge >= 0.3 is 0 Å². The Morgan fingerprint density at radius 2 is 1.94 bits per heavy atom. The van der Waals surface area contributed by atoms with Gasteiger partial charge in [0.1, 0.15) is 0 Å². The zero-order chi connectivity index (χ0) is 12.5. The Morgan fingerprint density at radius 1 is 1.24 bits per heavy atom. The molecule has 0 heterocycles. The molecule has 17 heavy (non-hydrogen) atoms. The second-order valence-corrected chi connectivity index (χ2v) is 6.72. The lowest BCUT2D eigenvalue weighted by Gasteiger charge is -2.46. The van der Waals surface area contributed by atoms with Crippen molar-refractivity contribution >= 4 is 0 Å². The number of unbranched alkanes of at least 4 members (excludes halogenated alkanes) is 1. The number of hydrogen-bond acceptors (Lipinski definition) is 2. The summed E-state index contributed by atoms with van der Waals surface area (Å²) in [4.78, 5) is 2.63. The maximum Gasteiger partial charge on any atom is 0.0746 e. The molecule has 2 saturated carbocycles. The fourth-order valence-electron chi connectivity index (χ4n) is 3.31. The standard InChI is InChI=1S/C15H29NO/c1-4-5-11-16(12-8-9-12)13-7-6-10-15(2,3)14(13)17/h12-14,17H,4-11H2,1-3H3. The van der Waals surface area contributed by atoms with Gasteiger partial charge in [-0.25, -0.2) is 0 Å². The Hall–Kier alpha value is -0.0800. The molecule has 0 aromatic rings. The van der Waals surface area contributed by atoms with E-state index in [0.29, 0.717) is 6.04 Å². The molecule has 0 saturated heterocycles. The third-order valence-corrected chi connectivity index (χ3v) is 4.70. The van der Waals surface area contributed by atoms with E-state index in [1.165, 1.54) is 51.5 Å². The van der Waals surface area contributed by atoms with Gasteiger partial charge in [0.25, 0.3) is 0 Å². The van der Waals surface area contributed by atoms with Gasteiger partial charge in [0.05, 0.1) is 6.10 Å². The molecule has 2 aliphatic carbocycles. The second kappa shape index (κ2) is 5.27. The largest absolute Gasteiger partial charge is 0.391 e. The van der Waals surface area contributed by atoms with Crippen molar-refractivity contribution in [1.29, 1.82) is 0 Å². The van der Waals surface area contributed by atoms with E-state index in [-0.39, 0.29) is 11.5 Å². The number of nitrogens with zero attached hydrogens (tertiary/aromatic N) is 1. The molecule has 0 spiro atoms. The van der Waals surface area contributed by atoms with Gasteiger partial charge < -0.3 is 5.11 Å². The van der Waals surface area contributed by atoms with Gasteiger partial charge in [-0.2, -0.15) is 0 Å². The summed E-state index contributed by atoms with van der Waals surface area (Å²) in [5.41, 5.74) is 0.113. The first-order valence-electron chi connectivity index (χ1n) is 7.50. The topological polar surface area (TPSA) is 23.5 Å². The van der Waals surface area contributed by atoms with Crippen LogP contribution in [-0.4, -0.2) is 34.7 Å². The molecular weight excluding hydrogens is 210 g/mol. The van der Waals surface area contributed by atoms with Crippen molar-refractivity contribution in [2.75, 3.05) is 6.54 Å². The molecule has 2 aliphatic rings. The molecule has 2 heteroatoms. The molecule has 0 bridgehead atoms. The van der Waals surface area contributed by atoms with Crippen molar-refractivity contribution in [3.63, 3.8) is 0 Å². The van der Waals surface area contributed by atoms with Crippen LogP contribution in [-0.2, 0) is 0 Å². The van der Waals surface area contributed by atoms with E-state index in [4.69, 9.17) is 0 Å². The Bertz CT molecular complexity index is 247. The minimum absolute atomic E-state index is 0.113. The normalized spacial score (nSPS) is 33.0. The highest BCUT2D eigenvalue weighted by Gasteiger charge is 2.43. The molecule has 2 atom stereocenters. The van der Waals surface area contributed by atoms with Crippen molar-refractivity contribution in [1.82, 2.24) is 4.90 Å². The Labute approximate surface area is 106 Å². The smallest absolute Gasteiger partial charge is 0.0746 e. The molecule has 0 amide bonds. The SMILES string of the molecule is CCCCN(C1CC1)C1CCCC(C)(C)C1O. The molecule has 2 unspecified atom stereocenters. The number of aliphatic hydroxyl groups excluding tert-OH is 1. The van der Waals surface area contributed by atoms with Crippen LogP contribution in [0, 0.1) is 5.41 Å². The summed E-state index contributed by atoms with van der Waals surface area (Å²) in [6, 6.07) is 1.22. The minimum atomic E-state index is -0.131. The summed E-state index contributed by atoms with van der Waals surface area (Å²) in [5.74, 6) is 0. The van der Waals surface area contributed by atoms with Crippen LogP contribution < -0.4 is 0 Å². The third kappa shape index (κ3) is 3.03. The van der Waals surface area contributed by atoms with E-state index in [9.17, 15) is 5.11 Å². The number of hydrogen-bond donors (Lipinski definition) is 1. The van der Waals surface area contributed by atoms with Crippen LogP contribution >= 0.6 is 0 Å². The van der Waals surface area contributed by atoms with Gasteiger partial charge in [-0.05, 0) is 44.1 Å².